The van der Waals surface area contributed by atoms with Crippen LogP contribution in [0.5, 0.6) is 5.75 Å². The first-order valence-electron chi connectivity index (χ1n) is 10.9. The van der Waals surface area contributed by atoms with Gasteiger partial charge in [0, 0.05) is 12.1 Å². The maximum Gasteiger partial charge on any atom is 0.264 e. The predicted molar refractivity (Wildman–Crippen MR) is 123 cm³/mol. The Morgan fingerprint density at radius 3 is 2.32 bits per heavy atom. The molecular weight excluding hydrogens is 412 g/mol. The number of nitrogens with one attached hydrogen (secondary N) is 1. The zero-order valence-corrected chi connectivity index (χ0v) is 19.2. The van der Waals surface area contributed by atoms with E-state index in [0.717, 1.165) is 31.2 Å². The van der Waals surface area contributed by atoms with Crippen LogP contribution in [0.1, 0.15) is 50.5 Å². The molecule has 1 aliphatic rings. The van der Waals surface area contributed by atoms with Crippen molar-refractivity contribution in [1.82, 2.24) is 5.32 Å². The minimum atomic E-state index is -3.93. The van der Waals surface area contributed by atoms with Crippen LogP contribution in [0.2, 0.25) is 0 Å². The second kappa shape index (κ2) is 10.7. The molecule has 0 bridgehead atoms. The van der Waals surface area contributed by atoms with Crippen molar-refractivity contribution in [1.29, 1.82) is 0 Å². The molecule has 1 aliphatic carbocycles. The summed E-state index contributed by atoms with van der Waals surface area (Å²) in [6.45, 7) is 1.62. The average molecular weight is 445 g/mol. The Labute approximate surface area is 185 Å². The molecule has 31 heavy (non-hydrogen) atoms. The Balaban J connectivity index is 1.86. The number of sulfonamides is 1. The topological polar surface area (TPSA) is 75.7 Å². The van der Waals surface area contributed by atoms with Crippen LogP contribution in [0.15, 0.2) is 53.4 Å². The highest BCUT2D eigenvalue weighted by atomic mass is 32.2. The van der Waals surface area contributed by atoms with Crippen molar-refractivity contribution in [2.24, 2.45) is 0 Å². The number of rotatable bonds is 7. The van der Waals surface area contributed by atoms with Gasteiger partial charge in [-0.25, -0.2) is 8.42 Å². The van der Waals surface area contributed by atoms with E-state index in [1.165, 1.54) is 30.7 Å². The molecule has 168 valence electrons. The third-order valence-corrected chi connectivity index (χ3v) is 7.50. The van der Waals surface area contributed by atoms with E-state index in [-0.39, 0.29) is 23.4 Å². The van der Waals surface area contributed by atoms with Crippen LogP contribution in [0.25, 0.3) is 0 Å². The molecule has 2 aromatic carbocycles. The first-order valence-corrected chi connectivity index (χ1v) is 12.4. The normalized spacial score (nSPS) is 15.5. The summed E-state index contributed by atoms with van der Waals surface area (Å²) >= 11 is 0. The van der Waals surface area contributed by atoms with Gasteiger partial charge in [0.15, 0.2) is 0 Å². The molecule has 0 aliphatic heterocycles. The van der Waals surface area contributed by atoms with Crippen molar-refractivity contribution in [3.63, 3.8) is 0 Å². The van der Waals surface area contributed by atoms with Gasteiger partial charge in [0.05, 0.1) is 17.7 Å². The van der Waals surface area contributed by atoms with Crippen LogP contribution in [0.3, 0.4) is 0 Å². The fourth-order valence-electron chi connectivity index (χ4n) is 3.92. The summed E-state index contributed by atoms with van der Waals surface area (Å²) in [5, 5.41) is 3.07. The summed E-state index contributed by atoms with van der Waals surface area (Å²) < 4.78 is 33.4. The molecule has 1 N–H and O–H groups in total. The molecule has 3 rings (SSSR count). The number of methoxy groups -OCH3 is 1. The number of aryl methyl sites for hydroxylation is 1. The number of carbonyl (C=O) groups is 1. The van der Waals surface area contributed by atoms with Crippen molar-refractivity contribution in [3.8, 4) is 5.75 Å². The molecule has 6 nitrogen and oxygen atoms in total. The molecule has 7 heteroatoms. The predicted octanol–water partition coefficient (Wildman–Crippen LogP) is 4.43. The zero-order chi connectivity index (χ0) is 22.3. The quantitative estimate of drug-likeness (QED) is 0.686. The molecule has 0 heterocycles. The van der Waals surface area contributed by atoms with Crippen molar-refractivity contribution in [2.45, 2.75) is 62.8 Å². The third kappa shape index (κ3) is 6.23. The largest absolute Gasteiger partial charge is 0.497 e. The van der Waals surface area contributed by atoms with E-state index in [2.05, 4.69) is 5.32 Å². The van der Waals surface area contributed by atoms with E-state index in [9.17, 15) is 13.2 Å². The lowest BCUT2D eigenvalue weighted by atomic mass is 9.97. The summed E-state index contributed by atoms with van der Waals surface area (Å²) in [5.41, 5.74) is 1.36. The molecule has 0 radical (unpaired) electrons. The Morgan fingerprint density at radius 2 is 1.68 bits per heavy atom. The van der Waals surface area contributed by atoms with E-state index < -0.39 is 10.0 Å². The van der Waals surface area contributed by atoms with Crippen molar-refractivity contribution in [3.05, 3.63) is 54.1 Å². The molecule has 0 aromatic heterocycles. The Hall–Kier alpha value is -2.54. The van der Waals surface area contributed by atoms with E-state index in [0.29, 0.717) is 11.4 Å². The van der Waals surface area contributed by atoms with Crippen LogP contribution in [0.4, 0.5) is 5.69 Å². The lowest BCUT2D eigenvalue weighted by Crippen LogP contribution is -2.44. The number of anilines is 1. The standard InChI is InChI=1S/C24H32N2O4S/c1-19-13-15-23(16-14-19)31(28,29)26(21-11-8-12-22(17-21)30-2)18-24(27)25-20-9-6-4-3-5-7-10-20/h8,11-17,20H,3-7,9-10,18H2,1-2H3,(H,25,27). The molecule has 2 aromatic rings. The number of hydrogen-bond acceptors (Lipinski definition) is 4. The van der Waals surface area contributed by atoms with Gasteiger partial charge in [-0.2, -0.15) is 0 Å². The average Bonchev–Trinajstić information content (AvgIpc) is 2.74. The van der Waals surface area contributed by atoms with Crippen molar-refractivity contribution in [2.75, 3.05) is 18.0 Å². The molecule has 0 unspecified atom stereocenters. The highest BCUT2D eigenvalue weighted by Gasteiger charge is 2.28. The van der Waals surface area contributed by atoms with Crippen molar-refractivity contribution >= 4 is 21.6 Å². The minimum Gasteiger partial charge on any atom is -0.497 e. The summed E-state index contributed by atoms with van der Waals surface area (Å²) in [6.07, 6.45) is 7.68. The Kier molecular flexibility index (Phi) is 7.96. The van der Waals surface area contributed by atoms with Gasteiger partial charge in [-0.3, -0.25) is 9.10 Å². The molecular formula is C24H32N2O4S. The maximum atomic E-state index is 13.5. The zero-order valence-electron chi connectivity index (χ0n) is 18.3. The van der Waals surface area contributed by atoms with Crippen LogP contribution >= 0.6 is 0 Å². The fraction of sp³-hybridized carbons (Fsp3) is 0.458. The maximum absolute atomic E-state index is 13.5. The molecule has 1 saturated carbocycles. The van der Waals surface area contributed by atoms with Gasteiger partial charge in [0.25, 0.3) is 10.0 Å². The summed E-state index contributed by atoms with van der Waals surface area (Å²) in [7, 11) is -2.40. The molecule has 0 atom stereocenters. The van der Waals surface area contributed by atoms with E-state index in [1.54, 1.807) is 48.5 Å². The summed E-state index contributed by atoms with van der Waals surface area (Å²) in [4.78, 5) is 13.1. The van der Waals surface area contributed by atoms with Crippen LogP contribution in [-0.2, 0) is 14.8 Å². The number of benzene rings is 2. The fourth-order valence-corrected chi connectivity index (χ4v) is 5.34. The third-order valence-electron chi connectivity index (χ3n) is 5.71. The summed E-state index contributed by atoms with van der Waals surface area (Å²) in [6, 6.07) is 13.5. The lowest BCUT2D eigenvalue weighted by molar-refractivity contribution is -0.120. The number of amides is 1. The lowest BCUT2D eigenvalue weighted by Gasteiger charge is -2.26. The van der Waals surface area contributed by atoms with Crippen LogP contribution < -0.4 is 14.4 Å². The van der Waals surface area contributed by atoms with Crippen LogP contribution in [0, 0.1) is 6.92 Å². The minimum absolute atomic E-state index is 0.0991. The second-order valence-electron chi connectivity index (χ2n) is 8.14. The number of hydrogen-bond donors (Lipinski definition) is 1. The van der Waals surface area contributed by atoms with Gasteiger partial charge in [0.1, 0.15) is 12.3 Å². The van der Waals surface area contributed by atoms with Gasteiger partial charge in [0.2, 0.25) is 5.91 Å². The van der Waals surface area contributed by atoms with Gasteiger partial charge < -0.3 is 10.1 Å². The van der Waals surface area contributed by atoms with E-state index in [4.69, 9.17) is 4.74 Å². The second-order valence-corrected chi connectivity index (χ2v) is 10.00. The Bertz CT molecular complexity index is 965. The number of ether oxygens (including phenoxy) is 1. The highest BCUT2D eigenvalue weighted by Crippen LogP contribution is 2.27. The molecule has 1 fully saturated rings. The van der Waals surface area contributed by atoms with Gasteiger partial charge in [-0.1, -0.05) is 55.9 Å². The number of nitrogens with zero attached hydrogens (tertiary/aromatic N) is 1. The highest BCUT2D eigenvalue weighted by molar-refractivity contribution is 7.92. The first kappa shape index (κ1) is 23.1. The van der Waals surface area contributed by atoms with E-state index in [1.807, 2.05) is 6.92 Å². The van der Waals surface area contributed by atoms with Crippen molar-refractivity contribution < 1.29 is 17.9 Å². The summed E-state index contributed by atoms with van der Waals surface area (Å²) in [5.74, 6) is 0.242. The molecule has 1 amide bonds. The first-order chi connectivity index (χ1) is 14.9. The van der Waals surface area contributed by atoms with Gasteiger partial charge in [-0.05, 0) is 44.0 Å². The van der Waals surface area contributed by atoms with E-state index >= 15 is 0 Å². The van der Waals surface area contributed by atoms with Gasteiger partial charge in [-0.15, -0.1) is 0 Å². The Morgan fingerprint density at radius 1 is 1.03 bits per heavy atom. The molecule has 0 saturated heterocycles. The molecule has 0 spiro atoms. The SMILES string of the molecule is COc1cccc(N(CC(=O)NC2CCCCCCC2)S(=O)(=O)c2ccc(C)cc2)c1. The monoisotopic (exact) mass is 444 g/mol. The smallest absolute Gasteiger partial charge is 0.264 e. The number of carbonyl (C=O) groups excluding carboxylic acids is 1. The van der Waals surface area contributed by atoms with Crippen LogP contribution in [-0.4, -0.2) is 34.0 Å². The van der Waals surface area contributed by atoms with Gasteiger partial charge >= 0.3 is 0 Å².